The van der Waals surface area contributed by atoms with Gasteiger partial charge in [0.05, 0.1) is 17.1 Å². The molecule has 1 amide bonds. The first kappa shape index (κ1) is 24.6. The minimum Gasteiger partial charge on any atom is -0.486 e. The Morgan fingerprint density at radius 1 is 1.18 bits per heavy atom. The van der Waals surface area contributed by atoms with E-state index in [4.69, 9.17) is 4.74 Å². The highest BCUT2D eigenvalue weighted by Crippen LogP contribution is 2.40. The van der Waals surface area contributed by atoms with Gasteiger partial charge in [-0.25, -0.2) is 17.6 Å². The lowest BCUT2D eigenvalue weighted by Gasteiger charge is -2.35. The standard InChI is InChI=1S/C21H22F4N2O5S/c1-4-15-12-27(33(29,30)16-8-5-13(22)6-9-16)17-11-14(7-10-18(17)31-15)26-19(28)32-20(2,3)21(23,24)25/h5-11,15H,4,12H2,1-3H3,(H,26,28)/t15-/m0/s1. The number of hydrogen-bond acceptors (Lipinski definition) is 5. The van der Waals surface area contributed by atoms with Crippen LogP contribution in [0.3, 0.4) is 0 Å². The molecule has 3 rings (SSSR count). The van der Waals surface area contributed by atoms with E-state index in [-0.39, 0.29) is 28.6 Å². The Bertz CT molecular complexity index is 1130. The lowest BCUT2D eigenvalue weighted by Crippen LogP contribution is -2.44. The van der Waals surface area contributed by atoms with Crippen molar-refractivity contribution in [2.24, 2.45) is 0 Å². The van der Waals surface area contributed by atoms with Crippen LogP contribution >= 0.6 is 0 Å². The average molecular weight is 490 g/mol. The number of alkyl halides is 3. The highest BCUT2D eigenvalue weighted by atomic mass is 32.2. The zero-order valence-corrected chi connectivity index (χ0v) is 18.8. The summed E-state index contributed by atoms with van der Waals surface area (Å²) < 4.78 is 90.1. The number of hydrogen-bond donors (Lipinski definition) is 1. The number of nitrogens with one attached hydrogen (secondary N) is 1. The second-order valence-corrected chi connectivity index (χ2v) is 9.71. The van der Waals surface area contributed by atoms with Crippen molar-refractivity contribution in [3.05, 3.63) is 48.3 Å². The second kappa shape index (κ2) is 8.73. The Labute approximate surface area is 188 Å². The van der Waals surface area contributed by atoms with Crippen LogP contribution in [0.1, 0.15) is 27.2 Å². The molecule has 0 spiro atoms. The molecule has 180 valence electrons. The number of rotatable bonds is 5. The molecule has 0 aliphatic carbocycles. The highest BCUT2D eigenvalue weighted by molar-refractivity contribution is 7.92. The number of benzene rings is 2. The fraction of sp³-hybridized carbons (Fsp3) is 0.381. The van der Waals surface area contributed by atoms with Gasteiger partial charge in [-0.1, -0.05) is 6.92 Å². The Morgan fingerprint density at radius 2 is 1.82 bits per heavy atom. The van der Waals surface area contributed by atoms with Gasteiger partial charge in [0.15, 0.2) is 0 Å². The van der Waals surface area contributed by atoms with Crippen LogP contribution in [0.2, 0.25) is 0 Å². The van der Waals surface area contributed by atoms with Crippen LogP contribution in [0.25, 0.3) is 0 Å². The Hall–Kier alpha value is -3.02. The third-order valence-electron chi connectivity index (χ3n) is 5.02. The van der Waals surface area contributed by atoms with Crippen molar-refractivity contribution in [2.45, 2.75) is 50.0 Å². The molecule has 12 heteroatoms. The summed E-state index contributed by atoms with van der Waals surface area (Å²) in [6.45, 7) is 3.16. The van der Waals surface area contributed by atoms with Crippen LogP contribution in [0.15, 0.2) is 47.4 Å². The van der Waals surface area contributed by atoms with Crippen LogP contribution in [0.5, 0.6) is 5.75 Å². The number of anilines is 2. The molecule has 0 unspecified atom stereocenters. The summed E-state index contributed by atoms with van der Waals surface area (Å²) >= 11 is 0. The fourth-order valence-corrected chi connectivity index (χ4v) is 4.50. The van der Waals surface area contributed by atoms with E-state index >= 15 is 0 Å². The highest BCUT2D eigenvalue weighted by Gasteiger charge is 2.51. The van der Waals surface area contributed by atoms with E-state index in [0.29, 0.717) is 20.3 Å². The van der Waals surface area contributed by atoms with Crippen LogP contribution in [-0.4, -0.2) is 38.9 Å². The first-order chi connectivity index (χ1) is 15.2. The van der Waals surface area contributed by atoms with Crippen LogP contribution in [0.4, 0.5) is 33.7 Å². The van der Waals surface area contributed by atoms with Gasteiger partial charge >= 0.3 is 12.3 Å². The number of halogens is 4. The maximum Gasteiger partial charge on any atom is 0.427 e. The molecule has 0 fully saturated rings. The summed E-state index contributed by atoms with van der Waals surface area (Å²) in [5, 5.41) is 2.18. The first-order valence-corrected chi connectivity index (χ1v) is 11.3. The molecule has 0 saturated heterocycles. The Balaban J connectivity index is 1.93. The van der Waals surface area contributed by atoms with E-state index in [1.165, 1.54) is 18.2 Å². The first-order valence-electron chi connectivity index (χ1n) is 9.90. The van der Waals surface area contributed by atoms with Crippen molar-refractivity contribution >= 4 is 27.5 Å². The van der Waals surface area contributed by atoms with Gasteiger partial charge < -0.3 is 9.47 Å². The monoisotopic (exact) mass is 490 g/mol. The van der Waals surface area contributed by atoms with E-state index in [1.54, 1.807) is 0 Å². The smallest absolute Gasteiger partial charge is 0.427 e. The van der Waals surface area contributed by atoms with Crippen LogP contribution in [0, 0.1) is 5.82 Å². The van der Waals surface area contributed by atoms with Gasteiger partial charge in [-0.3, -0.25) is 9.62 Å². The molecule has 33 heavy (non-hydrogen) atoms. The van der Waals surface area contributed by atoms with Crippen molar-refractivity contribution in [1.29, 1.82) is 0 Å². The zero-order valence-electron chi connectivity index (χ0n) is 17.9. The molecule has 0 radical (unpaired) electrons. The van der Waals surface area contributed by atoms with Crippen LogP contribution < -0.4 is 14.4 Å². The molecule has 2 aromatic carbocycles. The lowest BCUT2D eigenvalue weighted by atomic mass is 10.1. The van der Waals surface area contributed by atoms with Crippen molar-refractivity contribution in [3.8, 4) is 5.75 Å². The minimum absolute atomic E-state index is 0.00502. The summed E-state index contributed by atoms with van der Waals surface area (Å²) in [4.78, 5) is 11.9. The quantitative estimate of drug-likeness (QED) is 0.591. The second-order valence-electron chi connectivity index (χ2n) is 7.84. The summed E-state index contributed by atoms with van der Waals surface area (Å²) in [5.41, 5.74) is -2.67. The summed E-state index contributed by atoms with van der Waals surface area (Å²) in [5.74, 6) is -0.400. The number of amides is 1. The predicted molar refractivity (Wildman–Crippen MR) is 112 cm³/mol. The molecule has 1 atom stereocenters. The number of carbonyl (C=O) groups excluding carboxylic acids is 1. The molecule has 1 N–H and O–H groups in total. The van der Waals surface area contributed by atoms with Gasteiger partial charge in [0.1, 0.15) is 17.7 Å². The van der Waals surface area contributed by atoms with Gasteiger partial charge in [-0.15, -0.1) is 0 Å². The molecule has 1 aliphatic rings. The van der Waals surface area contributed by atoms with Gasteiger partial charge in [0, 0.05) is 5.69 Å². The van der Waals surface area contributed by atoms with E-state index in [1.807, 2.05) is 6.92 Å². The minimum atomic E-state index is -4.79. The maximum atomic E-state index is 13.3. The molecule has 1 heterocycles. The van der Waals surface area contributed by atoms with Gasteiger partial charge in [0.2, 0.25) is 5.60 Å². The zero-order chi connectivity index (χ0) is 24.6. The molecule has 7 nitrogen and oxygen atoms in total. The molecule has 2 aromatic rings. The van der Waals surface area contributed by atoms with Crippen molar-refractivity contribution in [1.82, 2.24) is 0 Å². The van der Waals surface area contributed by atoms with Gasteiger partial charge in [0.25, 0.3) is 10.0 Å². The van der Waals surface area contributed by atoms with Crippen molar-refractivity contribution in [3.63, 3.8) is 0 Å². The summed E-state index contributed by atoms with van der Waals surface area (Å²) in [6, 6.07) is 8.28. The fourth-order valence-electron chi connectivity index (χ4n) is 3.00. The van der Waals surface area contributed by atoms with E-state index < -0.39 is 39.8 Å². The third-order valence-corrected chi connectivity index (χ3v) is 6.82. The molecular weight excluding hydrogens is 468 g/mol. The average Bonchev–Trinajstić information content (AvgIpc) is 2.72. The maximum absolute atomic E-state index is 13.3. The lowest BCUT2D eigenvalue weighted by molar-refractivity contribution is -0.242. The normalized spacial score (nSPS) is 16.6. The SMILES string of the molecule is CC[C@H]1CN(S(=O)(=O)c2ccc(F)cc2)c2cc(NC(=O)OC(C)(C)C(F)(F)F)ccc2O1. The number of carbonyl (C=O) groups is 1. The van der Waals surface area contributed by atoms with E-state index in [2.05, 4.69) is 10.1 Å². The van der Waals surface area contributed by atoms with E-state index in [0.717, 1.165) is 28.6 Å². The number of nitrogens with zero attached hydrogens (tertiary/aromatic N) is 1. The van der Waals surface area contributed by atoms with E-state index in [9.17, 15) is 30.8 Å². The van der Waals surface area contributed by atoms with Crippen LogP contribution in [-0.2, 0) is 14.8 Å². The molecule has 1 aliphatic heterocycles. The third kappa shape index (κ3) is 5.15. The largest absolute Gasteiger partial charge is 0.486 e. The van der Waals surface area contributed by atoms with Crippen molar-refractivity contribution < 1.29 is 40.2 Å². The number of fused-ring (bicyclic) bond motifs is 1. The molecule has 0 bridgehead atoms. The Morgan fingerprint density at radius 3 is 2.39 bits per heavy atom. The predicted octanol–water partition coefficient (Wildman–Crippen LogP) is 5.08. The Kier molecular flexibility index (Phi) is 6.51. The number of sulfonamides is 1. The van der Waals surface area contributed by atoms with Gasteiger partial charge in [-0.2, -0.15) is 13.2 Å². The topological polar surface area (TPSA) is 84.9 Å². The molecule has 0 aromatic heterocycles. The molecular formula is C21H22F4N2O5S. The summed E-state index contributed by atoms with van der Waals surface area (Å²) in [6.07, 6.45) is -6.13. The van der Waals surface area contributed by atoms with Crippen molar-refractivity contribution in [2.75, 3.05) is 16.2 Å². The number of ether oxygens (including phenoxy) is 2. The summed E-state index contributed by atoms with van der Waals surface area (Å²) in [7, 11) is -4.13. The molecule has 0 saturated carbocycles. The van der Waals surface area contributed by atoms with Gasteiger partial charge in [-0.05, 0) is 62.7 Å².